The second-order valence-corrected chi connectivity index (χ2v) is 6.38. The van der Waals surface area contributed by atoms with Gasteiger partial charge in [0.05, 0.1) is 0 Å². The highest BCUT2D eigenvalue weighted by atomic mass is 15.1. The quantitative estimate of drug-likeness (QED) is 0.861. The van der Waals surface area contributed by atoms with E-state index >= 15 is 0 Å². The van der Waals surface area contributed by atoms with E-state index in [9.17, 15) is 0 Å². The predicted molar refractivity (Wildman–Crippen MR) is 83.9 cm³/mol. The van der Waals surface area contributed by atoms with Crippen molar-refractivity contribution in [2.24, 2.45) is 5.92 Å². The van der Waals surface area contributed by atoms with Gasteiger partial charge in [0.25, 0.3) is 0 Å². The van der Waals surface area contributed by atoms with Crippen LogP contribution in [0.25, 0.3) is 0 Å². The van der Waals surface area contributed by atoms with Crippen LogP contribution in [-0.4, -0.2) is 24.1 Å². The predicted octanol–water partition coefficient (Wildman–Crippen LogP) is 3.35. The van der Waals surface area contributed by atoms with Gasteiger partial charge in [0, 0.05) is 49.3 Å². The van der Waals surface area contributed by atoms with Crippen LogP contribution in [0.4, 0.5) is 5.69 Å². The number of piperidine rings is 1. The first-order valence-electron chi connectivity index (χ1n) is 8.28. The van der Waals surface area contributed by atoms with Crippen molar-refractivity contribution in [1.82, 2.24) is 10.3 Å². The molecule has 1 saturated carbocycles. The molecule has 110 valence electrons. The summed E-state index contributed by atoms with van der Waals surface area (Å²) < 4.78 is 0. The maximum absolute atomic E-state index is 4.32. The maximum Gasteiger partial charge on any atom is 0.0442 e. The van der Waals surface area contributed by atoms with Crippen molar-refractivity contribution in [3.63, 3.8) is 0 Å². The van der Waals surface area contributed by atoms with Crippen molar-refractivity contribution >= 4 is 5.69 Å². The topological polar surface area (TPSA) is 28.2 Å². The Bertz CT molecular complexity index is 420. The van der Waals surface area contributed by atoms with E-state index in [0.29, 0.717) is 0 Å². The van der Waals surface area contributed by atoms with Crippen molar-refractivity contribution in [2.45, 2.75) is 58.0 Å². The Morgan fingerprint density at radius 2 is 2.05 bits per heavy atom. The Balaban J connectivity index is 1.61. The molecule has 1 aliphatic carbocycles. The van der Waals surface area contributed by atoms with Gasteiger partial charge in [-0.2, -0.15) is 0 Å². The van der Waals surface area contributed by atoms with Gasteiger partial charge < -0.3 is 10.2 Å². The first-order valence-corrected chi connectivity index (χ1v) is 8.28. The van der Waals surface area contributed by atoms with Crippen LogP contribution in [-0.2, 0) is 6.54 Å². The second-order valence-electron chi connectivity index (χ2n) is 6.38. The van der Waals surface area contributed by atoms with Gasteiger partial charge in [-0.25, -0.2) is 0 Å². The average molecular weight is 273 g/mol. The fraction of sp³-hybridized carbons (Fsp3) is 0.706. The van der Waals surface area contributed by atoms with Crippen LogP contribution in [0.15, 0.2) is 18.5 Å². The number of nitrogens with zero attached hydrogens (tertiary/aromatic N) is 2. The van der Waals surface area contributed by atoms with Gasteiger partial charge in [0.15, 0.2) is 0 Å². The zero-order valence-corrected chi connectivity index (χ0v) is 12.6. The summed E-state index contributed by atoms with van der Waals surface area (Å²) in [6.07, 6.45) is 12.1. The average Bonchev–Trinajstić information content (AvgIpc) is 3.31. The highest BCUT2D eigenvalue weighted by Crippen LogP contribution is 2.28. The van der Waals surface area contributed by atoms with Gasteiger partial charge in [-0.3, -0.25) is 4.98 Å². The molecule has 0 atom stereocenters. The molecule has 0 bridgehead atoms. The summed E-state index contributed by atoms with van der Waals surface area (Å²) in [7, 11) is 0. The van der Waals surface area contributed by atoms with Crippen molar-refractivity contribution in [3.05, 3.63) is 24.0 Å². The minimum absolute atomic E-state index is 0.762. The van der Waals surface area contributed by atoms with Gasteiger partial charge in [-0.1, -0.05) is 19.8 Å². The van der Waals surface area contributed by atoms with E-state index in [0.717, 1.165) is 18.5 Å². The van der Waals surface area contributed by atoms with Crippen LogP contribution in [0.3, 0.4) is 0 Å². The number of aromatic nitrogens is 1. The molecule has 0 aromatic carbocycles. The molecular weight excluding hydrogens is 246 g/mol. The highest BCUT2D eigenvalue weighted by molar-refractivity contribution is 5.52. The first-order chi connectivity index (χ1) is 9.86. The van der Waals surface area contributed by atoms with Crippen LogP contribution in [0.1, 0.15) is 51.0 Å². The molecule has 20 heavy (non-hydrogen) atoms. The number of nitrogens with one attached hydrogen (secondary N) is 1. The minimum atomic E-state index is 0.762. The minimum Gasteiger partial charge on any atom is -0.371 e. The monoisotopic (exact) mass is 273 g/mol. The maximum atomic E-state index is 4.32. The number of rotatable bonds is 6. The fourth-order valence-corrected chi connectivity index (χ4v) is 3.28. The van der Waals surface area contributed by atoms with Crippen LogP contribution < -0.4 is 10.2 Å². The number of pyridine rings is 1. The van der Waals surface area contributed by atoms with E-state index in [1.165, 1.54) is 62.9 Å². The zero-order valence-electron chi connectivity index (χ0n) is 12.6. The van der Waals surface area contributed by atoms with Crippen LogP contribution in [0.2, 0.25) is 0 Å². The number of hydrogen-bond donors (Lipinski definition) is 1. The SMILES string of the molecule is CCCC1CCN(c2ccncc2CNC2CC2)CC1. The lowest BCUT2D eigenvalue weighted by molar-refractivity contribution is 0.378. The summed E-state index contributed by atoms with van der Waals surface area (Å²) in [5.74, 6) is 0.950. The first kappa shape index (κ1) is 13.9. The summed E-state index contributed by atoms with van der Waals surface area (Å²) in [4.78, 5) is 6.88. The molecular formula is C17H27N3. The van der Waals surface area contributed by atoms with Gasteiger partial charge in [0.2, 0.25) is 0 Å². The van der Waals surface area contributed by atoms with E-state index in [1.54, 1.807) is 0 Å². The molecule has 0 amide bonds. The van der Waals surface area contributed by atoms with Gasteiger partial charge in [0.1, 0.15) is 0 Å². The second kappa shape index (κ2) is 6.57. The molecule has 0 spiro atoms. The Morgan fingerprint density at radius 3 is 2.75 bits per heavy atom. The Morgan fingerprint density at radius 1 is 1.25 bits per heavy atom. The molecule has 1 aliphatic heterocycles. The number of hydrogen-bond acceptors (Lipinski definition) is 3. The number of anilines is 1. The molecule has 3 rings (SSSR count). The normalized spacial score (nSPS) is 20.4. The Hall–Kier alpha value is -1.09. The van der Waals surface area contributed by atoms with Gasteiger partial charge in [-0.15, -0.1) is 0 Å². The third-order valence-electron chi connectivity index (χ3n) is 4.69. The van der Waals surface area contributed by atoms with Crippen LogP contribution >= 0.6 is 0 Å². The molecule has 3 nitrogen and oxygen atoms in total. The van der Waals surface area contributed by atoms with Crippen molar-refractivity contribution < 1.29 is 0 Å². The lowest BCUT2D eigenvalue weighted by atomic mass is 9.92. The third kappa shape index (κ3) is 3.51. The Labute approximate surface area is 122 Å². The van der Waals surface area contributed by atoms with E-state index in [-0.39, 0.29) is 0 Å². The van der Waals surface area contributed by atoms with Crippen LogP contribution in [0, 0.1) is 5.92 Å². The van der Waals surface area contributed by atoms with Gasteiger partial charge in [-0.05, 0) is 37.7 Å². The van der Waals surface area contributed by atoms with E-state index in [4.69, 9.17) is 0 Å². The summed E-state index contributed by atoms with van der Waals surface area (Å²) in [5, 5.41) is 3.61. The molecule has 2 aliphatic rings. The highest BCUT2D eigenvalue weighted by Gasteiger charge is 2.23. The molecule has 1 N–H and O–H groups in total. The van der Waals surface area contributed by atoms with E-state index in [1.807, 2.05) is 12.4 Å². The van der Waals surface area contributed by atoms with Gasteiger partial charge >= 0.3 is 0 Å². The zero-order chi connectivity index (χ0) is 13.8. The fourth-order valence-electron chi connectivity index (χ4n) is 3.28. The third-order valence-corrected chi connectivity index (χ3v) is 4.69. The smallest absolute Gasteiger partial charge is 0.0442 e. The summed E-state index contributed by atoms with van der Waals surface area (Å²) in [5.41, 5.74) is 2.77. The lowest BCUT2D eigenvalue weighted by Gasteiger charge is -2.34. The summed E-state index contributed by atoms with van der Waals surface area (Å²) in [6.45, 7) is 5.70. The molecule has 1 aromatic heterocycles. The standard InChI is InChI=1S/C17H27N3/c1-2-3-14-7-10-20(11-8-14)17-6-9-18-12-15(17)13-19-16-4-5-16/h6,9,12,14,16,19H,2-5,7-8,10-11,13H2,1H3. The van der Waals surface area contributed by atoms with E-state index < -0.39 is 0 Å². The Kier molecular flexibility index (Phi) is 4.56. The van der Waals surface area contributed by atoms with Crippen LogP contribution in [0.5, 0.6) is 0 Å². The molecule has 3 heteroatoms. The lowest BCUT2D eigenvalue weighted by Crippen LogP contribution is -2.34. The summed E-state index contributed by atoms with van der Waals surface area (Å²) >= 11 is 0. The molecule has 0 radical (unpaired) electrons. The van der Waals surface area contributed by atoms with Crippen molar-refractivity contribution in [2.75, 3.05) is 18.0 Å². The van der Waals surface area contributed by atoms with Crippen molar-refractivity contribution in [3.8, 4) is 0 Å². The van der Waals surface area contributed by atoms with E-state index in [2.05, 4.69) is 28.2 Å². The molecule has 2 heterocycles. The molecule has 1 saturated heterocycles. The van der Waals surface area contributed by atoms with Crippen molar-refractivity contribution in [1.29, 1.82) is 0 Å². The molecule has 1 aromatic rings. The summed E-state index contributed by atoms with van der Waals surface area (Å²) in [6, 6.07) is 2.96. The largest absolute Gasteiger partial charge is 0.371 e. The molecule has 0 unspecified atom stereocenters. The molecule has 2 fully saturated rings.